The molecular weight excluding hydrogens is 330 g/mol. The second-order valence-corrected chi connectivity index (χ2v) is 5.26. The van der Waals surface area contributed by atoms with E-state index in [1.807, 2.05) is 6.08 Å². The van der Waals surface area contributed by atoms with Gasteiger partial charge in [-0.3, -0.25) is 0 Å². The lowest BCUT2D eigenvalue weighted by Gasteiger charge is -2.02. The number of fused-ring (bicyclic) bond motifs is 1. The van der Waals surface area contributed by atoms with Crippen LogP contribution in [0.3, 0.4) is 0 Å². The van der Waals surface area contributed by atoms with Gasteiger partial charge in [-0.15, -0.1) is 5.73 Å². The number of aromatic nitrogens is 1. The Morgan fingerprint density at radius 1 is 1.44 bits per heavy atom. The number of halogens is 2. The predicted octanol–water partition coefficient (Wildman–Crippen LogP) is 4.82. The molecule has 0 fully saturated rings. The van der Waals surface area contributed by atoms with Crippen LogP contribution in [0.4, 0.5) is 0 Å². The summed E-state index contributed by atoms with van der Waals surface area (Å²) in [6.07, 6.45) is 1.92. The number of allylic oxidation sites excluding steroid dienone is 1. The first kappa shape index (κ1) is 11.7. The zero-order valence-electron chi connectivity index (χ0n) is 8.93. The minimum absolute atomic E-state index is 0.788. The molecule has 3 heteroatoms. The molecular formula is C13H11Br2N. The molecule has 0 atom stereocenters. The van der Waals surface area contributed by atoms with Gasteiger partial charge in [-0.2, -0.15) is 0 Å². The summed E-state index contributed by atoms with van der Waals surface area (Å²) in [6.45, 7) is 6.50. The van der Waals surface area contributed by atoms with Crippen molar-refractivity contribution in [3.8, 4) is 0 Å². The van der Waals surface area contributed by atoms with E-state index in [4.69, 9.17) is 0 Å². The van der Waals surface area contributed by atoms with Crippen LogP contribution in [0, 0.1) is 6.92 Å². The standard InChI is InChI=1S/C13H11Br2N/c1-3-4-7-16-12-6-5-10(14)8-11(12)9(2)13(16)15/h4-6,8H,1,7H2,2H3. The minimum atomic E-state index is 0.788. The maximum Gasteiger partial charge on any atom is 0.0890 e. The molecule has 0 N–H and O–H groups in total. The zero-order valence-corrected chi connectivity index (χ0v) is 12.1. The Bertz CT molecular complexity index is 589. The average molecular weight is 341 g/mol. The van der Waals surface area contributed by atoms with Crippen LogP contribution in [0.5, 0.6) is 0 Å². The SMILES string of the molecule is C=C=CCn1c(Br)c(C)c2cc(Br)ccc21. The highest BCUT2D eigenvalue weighted by Crippen LogP contribution is 2.31. The maximum atomic E-state index is 3.63. The van der Waals surface area contributed by atoms with E-state index in [1.165, 1.54) is 16.5 Å². The molecule has 0 spiro atoms. The summed E-state index contributed by atoms with van der Waals surface area (Å²) in [6, 6.07) is 6.32. The second-order valence-electron chi connectivity index (χ2n) is 3.60. The molecule has 82 valence electrons. The molecule has 2 rings (SSSR count). The van der Waals surface area contributed by atoms with Crippen molar-refractivity contribution >= 4 is 42.8 Å². The summed E-state index contributed by atoms with van der Waals surface area (Å²) in [5.41, 5.74) is 5.28. The lowest BCUT2D eigenvalue weighted by Crippen LogP contribution is -1.94. The van der Waals surface area contributed by atoms with Gasteiger partial charge in [-0.05, 0) is 52.7 Å². The van der Waals surface area contributed by atoms with Crippen molar-refractivity contribution in [3.05, 3.63) is 51.2 Å². The number of benzene rings is 1. The van der Waals surface area contributed by atoms with E-state index in [2.05, 4.69) is 73.9 Å². The first-order valence-corrected chi connectivity index (χ1v) is 6.52. The van der Waals surface area contributed by atoms with Crippen LogP contribution >= 0.6 is 31.9 Å². The Hall–Kier alpha value is -0.760. The first-order chi connectivity index (χ1) is 7.65. The van der Waals surface area contributed by atoms with Gasteiger partial charge < -0.3 is 4.57 Å². The van der Waals surface area contributed by atoms with Gasteiger partial charge in [0.2, 0.25) is 0 Å². The van der Waals surface area contributed by atoms with Crippen LogP contribution in [0.2, 0.25) is 0 Å². The third kappa shape index (κ3) is 1.91. The summed E-state index contributed by atoms with van der Waals surface area (Å²) in [7, 11) is 0. The number of nitrogens with zero attached hydrogens (tertiary/aromatic N) is 1. The Labute approximate surface area is 112 Å². The molecule has 1 aromatic heterocycles. The van der Waals surface area contributed by atoms with Gasteiger partial charge in [0.25, 0.3) is 0 Å². The Morgan fingerprint density at radius 2 is 2.19 bits per heavy atom. The minimum Gasteiger partial charge on any atom is -0.331 e. The lowest BCUT2D eigenvalue weighted by molar-refractivity contribution is 0.839. The van der Waals surface area contributed by atoms with Crippen LogP contribution in [-0.2, 0) is 6.54 Å². The normalized spacial score (nSPS) is 10.4. The lowest BCUT2D eigenvalue weighted by atomic mass is 10.2. The molecule has 0 saturated heterocycles. The molecule has 0 bridgehead atoms. The fraction of sp³-hybridized carbons (Fsp3) is 0.154. The third-order valence-corrected chi connectivity index (χ3v) is 4.13. The molecule has 0 aliphatic carbocycles. The molecule has 0 saturated carbocycles. The van der Waals surface area contributed by atoms with Gasteiger partial charge in [0.15, 0.2) is 0 Å². The van der Waals surface area contributed by atoms with Crippen molar-refractivity contribution in [2.45, 2.75) is 13.5 Å². The van der Waals surface area contributed by atoms with Crippen LogP contribution in [0.1, 0.15) is 5.56 Å². The van der Waals surface area contributed by atoms with Gasteiger partial charge in [0, 0.05) is 21.9 Å². The van der Waals surface area contributed by atoms with E-state index < -0.39 is 0 Å². The smallest absolute Gasteiger partial charge is 0.0890 e. The first-order valence-electron chi connectivity index (χ1n) is 4.93. The molecule has 1 heterocycles. The monoisotopic (exact) mass is 339 g/mol. The van der Waals surface area contributed by atoms with Gasteiger partial charge >= 0.3 is 0 Å². The highest BCUT2D eigenvalue weighted by atomic mass is 79.9. The molecule has 0 aliphatic heterocycles. The van der Waals surface area contributed by atoms with Gasteiger partial charge in [-0.1, -0.05) is 22.5 Å². The Balaban J connectivity index is 2.73. The van der Waals surface area contributed by atoms with Crippen molar-refractivity contribution in [2.75, 3.05) is 0 Å². The molecule has 1 aromatic carbocycles. The van der Waals surface area contributed by atoms with E-state index in [1.54, 1.807) is 0 Å². The summed E-state index contributed by atoms with van der Waals surface area (Å²) >= 11 is 7.13. The number of rotatable bonds is 2. The fourth-order valence-electron chi connectivity index (χ4n) is 1.80. The van der Waals surface area contributed by atoms with Crippen molar-refractivity contribution < 1.29 is 0 Å². The van der Waals surface area contributed by atoms with Crippen LogP contribution in [0.15, 0.2) is 45.7 Å². The van der Waals surface area contributed by atoms with E-state index in [9.17, 15) is 0 Å². The molecule has 0 unspecified atom stereocenters. The van der Waals surface area contributed by atoms with Crippen molar-refractivity contribution in [1.29, 1.82) is 0 Å². The van der Waals surface area contributed by atoms with Crippen molar-refractivity contribution in [2.24, 2.45) is 0 Å². The van der Waals surface area contributed by atoms with Crippen molar-refractivity contribution in [1.82, 2.24) is 4.57 Å². The molecule has 16 heavy (non-hydrogen) atoms. The molecule has 1 nitrogen and oxygen atoms in total. The highest BCUT2D eigenvalue weighted by molar-refractivity contribution is 9.10. The zero-order chi connectivity index (χ0) is 11.7. The summed E-state index contributed by atoms with van der Waals surface area (Å²) in [5.74, 6) is 0. The highest BCUT2D eigenvalue weighted by Gasteiger charge is 2.10. The molecule has 0 radical (unpaired) electrons. The van der Waals surface area contributed by atoms with Crippen molar-refractivity contribution in [3.63, 3.8) is 0 Å². The average Bonchev–Trinajstić information content (AvgIpc) is 2.50. The van der Waals surface area contributed by atoms with E-state index in [0.29, 0.717) is 0 Å². The molecule has 2 aromatic rings. The Morgan fingerprint density at radius 3 is 2.88 bits per heavy atom. The maximum absolute atomic E-state index is 3.63. The van der Waals surface area contributed by atoms with E-state index in [0.717, 1.165) is 15.6 Å². The van der Waals surface area contributed by atoms with E-state index >= 15 is 0 Å². The molecule has 0 aliphatic rings. The largest absolute Gasteiger partial charge is 0.331 e. The summed E-state index contributed by atoms with van der Waals surface area (Å²) in [5, 5.41) is 1.26. The number of aryl methyl sites for hydroxylation is 1. The number of hydrogen-bond acceptors (Lipinski definition) is 0. The second kappa shape index (κ2) is 4.62. The quantitative estimate of drug-likeness (QED) is 0.691. The summed E-state index contributed by atoms with van der Waals surface area (Å²) < 4.78 is 4.43. The van der Waals surface area contributed by atoms with E-state index in [-0.39, 0.29) is 0 Å². The van der Waals surface area contributed by atoms with Gasteiger partial charge in [0.1, 0.15) is 0 Å². The van der Waals surface area contributed by atoms with Crippen LogP contribution in [-0.4, -0.2) is 4.57 Å². The van der Waals surface area contributed by atoms with Gasteiger partial charge in [0.05, 0.1) is 4.60 Å². The Kier molecular flexibility index (Phi) is 3.38. The molecule has 0 amide bonds. The van der Waals surface area contributed by atoms with Crippen LogP contribution in [0.25, 0.3) is 10.9 Å². The third-order valence-electron chi connectivity index (χ3n) is 2.62. The van der Waals surface area contributed by atoms with Gasteiger partial charge in [-0.25, -0.2) is 0 Å². The topological polar surface area (TPSA) is 4.93 Å². The number of hydrogen-bond donors (Lipinski definition) is 0. The fourth-order valence-corrected chi connectivity index (χ4v) is 2.71. The predicted molar refractivity (Wildman–Crippen MR) is 75.8 cm³/mol. The van der Waals surface area contributed by atoms with Crippen LogP contribution < -0.4 is 0 Å². The summed E-state index contributed by atoms with van der Waals surface area (Å²) in [4.78, 5) is 0.